The molecule has 4 amide bonds. The van der Waals surface area contributed by atoms with E-state index in [4.69, 9.17) is 11.5 Å². The molecule has 6 N–H and O–H groups in total. The van der Waals surface area contributed by atoms with Crippen molar-refractivity contribution in [3.8, 4) is 0 Å². The normalized spacial score (nSPS) is 27.8. The lowest BCUT2D eigenvalue weighted by molar-refractivity contribution is -0.142. The second kappa shape index (κ2) is 9.47. The van der Waals surface area contributed by atoms with Crippen LogP contribution in [0.1, 0.15) is 86.0 Å². The van der Waals surface area contributed by atoms with Gasteiger partial charge in [-0.1, -0.05) is 40.0 Å². The summed E-state index contributed by atoms with van der Waals surface area (Å²) in [6.07, 6.45) is 6.54. The lowest BCUT2D eigenvalue weighted by Gasteiger charge is -2.35. The van der Waals surface area contributed by atoms with E-state index >= 15 is 0 Å². The van der Waals surface area contributed by atoms with Crippen LogP contribution >= 0.6 is 0 Å². The number of carbonyl (C=O) groups excluding carboxylic acids is 4. The molecule has 3 fully saturated rings. The minimum atomic E-state index is -0.978. The molecule has 9 heteroatoms. The van der Waals surface area contributed by atoms with Crippen molar-refractivity contribution in [3.05, 3.63) is 0 Å². The Labute approximate surface area is 203 Å². The van der Waals surface area contributed by atoms with Crippen molar-refractivity contribution in [1.82, 2.24) is 15.5 Å². The Morgan fingerprint density at radius 2 is 1.76 bits per heavy atom. The van der Waals surface area contributed by atoms with Crippen molar-refractivity contribution in [3.63, 3.8) is 0 Å². The number of carbonyl (C=O) groups is 4. The second-order valence-corrected chi connectivity index (χ2v) is 12.6. The number of nitrogens with one attached hydrogen (secondary N) is 2. The Hall–Kier alpha value is -2.16. The van der Waals surface area contributed by atoms with E-state index in [9.17, 15) is 19.2 Å². The molecular weight excluding hydrogens is 434 g/mol. The van der Waals surface area contributed by atoms with Gasteiger partial charge in [-0.3, -0.25) is 19.2 Å². The summed E-state index contributed by atoms with van der Waals surface area (Å²) < 4.78 is 0. The van der Waals surface area contributed by atoms with Gasteiger partial charge in [0.25, 0.3) is 0 Å². The molecule has 2 saturated heterocycles. The number of nitrogens with zero attached hydrogens (tertiary/aromatic N) is 1. The SMILES string of the molecule is CC1(C)C[C@@H](C[C@H](NC(=O)[C@@H]2CC3(CCCCC3)CN2C(=O)C(N)C(C)(C)C)C(N)=O)C(=O)N1. The maximum Gasteiger partial charge on any atom is 0.243 e. The van der Waals surface area contributed by atoms with Gasteiger partial charge in [0.15, 0.2) is 0 Å². The van der Waals surface area contributed by atoms with Gasteiger partial charge < -0.3 is 27.0 Å². The fourth-order valence-corrected chi connectivity index (χ4v) is 5.92. The van der Waals surface area contributed by atoms with Crippen LogP contribution in [-0.4, -0.2) is 58.7 Å². The summed E-state index contributed by atoms with van der Waals surface area (Å²) in [7, 11) is 0. The van der Waals surface area contributed by atoms with Crippen molar-refractivity contribution < 1.29 is 19.2 Å². The van der Waals surface area contributed by atoms with E-state index in [1.54, 1.807) is 4.90 Å². The molecule has 4 atom stereocenters. The summed E-state index contributed by atoms with van der Waals surface area (Å²) in [5, 5.41) is 5.70. The average molecular weight is 478 g/mol. The van der Waals surface area contributed by atoms with Crippen molar-refractivity contribution >= 4 is 23.6 Å². The molecule has 0 aromatic carbocycles. The summed E-state index contributed by atoms with van der Waals surface area (Å²) in [5.41, 5.74) is 11.0. The van der Waals surface area contributed by atoms with Crippen molar-refractivity contribution in [2.24, 2.45) is 28.2 Å². The minimum absolute atomic E-state index is 0.0922. The molecule has 0 aromatic rings. The molecule has 1 saturated carbocycles. The lowest BCUT2D eigenvalue weighted by Crippen LogP contribution is -2.57. The molecule has 34 heavy (non-hydrogen) atoms. The summed E-state index contributed by atoms with van der Waals surface area (Å²) >= 11 is 0. The molecule has 1 spiro atoms. The van der Waals surface area contributed by atoms with Gasteiger partial charge in [0.1, 0.15) is 12.1 Å². The standard InChI is InChI=1S/C25H43N5O4/c1-23(2,3)18(26)22(34)30-14-25(9-7-6-8-10-25)13-17(30)21(33)28-16(19(27)31)11-15-12-24(4,5)29-20(15)32/h15-18H,6-14,26H2,1-5H3,(H2,27,31)(H,28,33)(H,29,32)/t15-,16+,17+,18?/m1/s1. The van der Waals surface area contributed by atoms with Crippen LogP contribution < -0.4 is 22.1 Å². The van der Waals surface area contributed by atoms with Crippen LogP contribution in [0.2, 0.25) is 0 Å². The minimum Gasteiger partial charge on any atom is -0.368 e. The number of primary amides is 1. The molecular formula is C25H43N5O4. The van der Waals surface area contributed by atoms with Crippen LogP contribution in [0.3, 0.4) is 0 Å². The third-order valence-corrected chi connectivity index (χ3v) is 7.98. The molecule has 1 unspecified atom stereocenters. The molecule has 2 aliphatic heterocycles. The van der Waals surface area contributed by atoms with Crippen LogP contribution in [0.25, 0.3) is 0 Å². The fourth-order valence-electron chi connectivity index (χ4n) is 5.92. The molecule has 0 radical (unpaired) electrons. The Bertz CT molecular complexity index is 828. The number of rotatable bonds is 6. The highest BCUT2D eigenvalue weighted by molar-refractivity contribution is 5.94. The highest BCUT2D eigenvalue weighted by Gasteiger charge is 2.51. The molecule has 3 aliphatic rings. The third kappa shape index (κ3) is 5.73. The van der Waals surface area contributed by atoms with Gasteiger partial charge in [-0.15, -0.1) is 0 Å². The van der Waals surface area contributed by atoms with E-state index in [0.29, 0.717) is 19.4 Å². The molecule has 9 nitrogen and oxygen atoms in total. The van der Waals surface area contributed by atoms with Gasteiger partial charge in [0.2, 0.25) is 23.6 Å². The Morgan fingerprint density at radius 1 is 1.15 bits per heavy atom. The van der Waals surface area contributed by atoms with E-state index in [1.807, 2.05) is 34.6 Å². The summed E-state index contributed by atoms with van der Waals surface area (Å²) in [5.74, 6) is -1.85. The Balaban J connectivity index is 1.78. The lowest BCUT2D eigenvalue weighted by atomic mass is 9.72. The Kier molecular flexibility index (Phi) is 7.37. The van der Waals surface area contributed by atoms with Gasteiger partial charge in [-0.05, 0) is 56.8 Å². The first-order chi connectivity index (χ1) is 15.6. The zero-order valence-electron chi connectivity index (χ0n) is 21.4. The average Bonchev–Trinajstić information content (AvgIpc) is 3.22. The van der Waals surface area contributed by atoms with E-state index in [0.717, 1.165) is 32.1 Å². The van der Waals surface area contributed by atoms with E-state index in [-0.39, 0.29) is 29.2 Å². The van der Waals surface area contributed by atoms with E-state index < -0.39 is 41.3 Å². The first-order valence-electron chi connectivity index (χ1n) is 12.6. The summed E-state index contributed by atoms with van der Waals surface area (Å²) in [6, 6.07) is -2.42. The van der Waals surface area contributed by atoms with Gasteiger partial charge in [-0.25, -0.2) is 0 Å². The van der Waals surface area contributed by atoms with Crippen molar-refractivity contribution in [2.45, 2.75) is 110 Å². The zero-order valence-corrected chi connectivity index (χ0v) is 21.4. The quantitative estimate of drug-likeness (QED) is 0.453. The van der Waals surface area contributed by atoms with Crippen LogP contribution in [0.15, 0.2) is 0 Å². The van der Waals surface area contributed by atoms with Crippen molar-refractivity contribution in [2.75, 3.05) is 6.54 Å². The zero-order chi connectivity index (χ0) is 25.5. The molecule has 0 aromatic heterocycles. The van der Waals surface area contributed by atoms with Crippen LogP contribution in [0.4, 0.5) is 0 Å². The van der Waals surface area contributed by atoms with E-state index in [1.165, 1.54) is 0 Å². The molecule has 2 heterocycles. The van der Waals surface area contributed by atoms with Crippen LogP contribution in [0, 0.1) is 16.7 Å². The second-order valence-electron chi connectivity index (χ2n) is 12.6. The number of hydrogen-bond acceptors (Lipinski definition) is 5. The van der Waals surface area contributed by atoms with Gasteiger partial charge >= 0.3 is 0 Å². The van der Waals surface area contributed by atoms with E-state index in [2.05, 4.69) is 10.6 Å². The Morgan fingerprint density at radius 3 is 2.26 bits per heavy atom. The number of amides is 4. The number of likely N-dealkylation sites (tertiary alicyclic amines) is 1. The number of hydrogen-bond donors (Lipinski definition) is 4. The van der Waals surface area contributed by atoms with Crippen LogP contribution in [-0.2, 0) is 19.2 Å². The van der Waals surface area contributed by atoms with Gasteiger partial charge in [0, 0.05) is 18.0 Å². The molecule has 0 bridgehead atoms. The largest absolute Gasteiger partial charge is 0.368 e. The highest BCUT2D eigenvalue weighted by atomic mass is 16.2. The first kappa shape index (κ1) is 26.4. The highest BCUT2D eigenvalue weighted by Crippen LogP contribution is 2.46. The fraction of sp³-hybridized carbons (Fsp3) is 0.840. The predicted octanol–water partition coefficient (Wildman–Crippen LogP) is 1.19. The molecule has 1 aliphatic carbocycles. The topological polar surface area (TPSA) is 148 Å². The molecule has 3 rings (SSSR count). The predicted molar refractivity (Wildman–Crippen MR) is 129 cm³/mol. The van der Waals surface area contributed by atoms with Gasteiger partial charge in [0.05, 0.1) is 6.04 Å². The molecule has 192 valence electrons. The third-order valence-electron chi connectivity index (χ3n) is 7.98. The van der Waals surface area contributed by atoms with Crippen LogP contribution in [0.5, 0.6) is 0 Å². The van der Waals surface area contributed by atoms with Crippen molar-refractivity contribution in [1.29, 1.82) is 0 Å². The maximum atomic E-state index is 13.5. The summed E-state index contributed by atoms with van der Waals surface area (Å²) in [6.45, 7) is 10.1. The summed E-state index contributed by atoms with van der Waals surface area (Å²) in [4.78, 5) is 53.2. The monoisotopic (exact) mass is 477 g/mol. The maximum absolute atomic E-state index is 13.5. The smallest absolute Gasteiger partial charge is 0.243 e. The number of nitrogens with two attached hydrogens (primary N) is 2. The van der Waals surface area contributed by atoms with Gasteiger partial charge in [-0.2, -0.15) is 0 Å². The first-order valence-corrected chi connectivity index (χ1v) is 12.6.